The lowest BCUT2D eigenvalue weighted by Crippen LogP contribution is -2.35. The van der Waals surface area contributed by atoms with Gasteiger partial charge in [0.1, 0.15) is 5.75 Å². The molecule has 0 heterocycles. The third kappa shape index (κ3) is 7.54. The van der Waals surface area contributed by atoms with Gasteiger partial charge in [0, 0.05) is 42.3 Å². The number of aliphatic imine (C=N–C) groups is 1. The molecule has 6 nitrogen and oxygen atoms in total. The lowest BCUT2D eigenvalue weighted by atomic mass is 10.2. The Morgan fingerprint density at radius 1 is 1.04 bits per heavy atom. The van der Waals surface area contributed by atoms with E-state index in [1.165, 1.54) is 4.90 Å². The minimum atomic E-state index is -0.0640. The van der Waals surface area contributed by atoms with Gasteiger partial charge < -0.3 is 19.4 Å². The fourth-order valence-electron chi connectivity index (χ4n) is 1.85. The molecule has 1 rings (SSSR count). The molecule has 7 heteroatoms. The Hall–Kier alpha value is -1.51. The molecule has 0 N–H and O–H groups in total. The Bertz CT molecular complexity index is 521. The molecule has 130 valence electrons. The van der Waals surface area contributed by atoms with Crippen molar-refractivity contribution in [1.82, 2.24) is 14.7 Å². The summed E-state index contributed by atoms with van der Waals surface area (Å²) in [6.07, 6.45) is 0. The number of likely N-dealkylation sites (N-methyl/N-ethyl adjacent to an activating group) is 1. The molecule has 0 fully saturated rings. The van der Waals surface area contributed by atoms with Gasteiger partial charge in [-0.1, -0.05) is 12.1 Å². The fourth-order valence-corrected chi connectivity index (χ4v) is 1.85. The molecule has 0 aromatic heterocycles. The standard InChI is InChI=1S/C16H26N4O2.HI/c1-18(2)15(21)12-22-14-9-7-8-13(10-14)11-17-16(19(3)4)20(5)6;/h7-10H,11-12H2,1-6H3;1H. The first kappa shape index (κ1) is 21.5. The predicted octanol–water partition coefficient (Wildman–Crippen LogP) is 1.75. The third-order valence-corrected chi connectivity index (χ3v) is 2.96. The van der Waals surface area contributed by atoms with Crippen LogP contribution in [0.15, 0.2) is 29.3 Å². The van der Waals surface area contributed by atoms with E-state index in [1.54, 1.807) is 14.1 Å². The van der Waals surface area contributed by atoms with Crippen molar-refractivity contribution in [2.45, 2.75) is 6.54 Å². The van der Waals surface area contributed by atoms with Crippen LogP contribution in [0.1, 0.15) is 5.56 Å². The summed E-state index contributed by atoms with van der Waals surface area (Å²) in [6.45, 7) is 0.602. The summed E-state index contributed by atoms with van der Waals surface area (Å²) in [5.74, 6) is 1.51. The molecule has 0 saturated carbocycles. The zero-order valence-corrected chi connectivity index (χ0v) is 17.1. The van der Waals surface area contributed by atoms with Crippen molar-refractivity contribution in [2.75, 3.05) is 48.9 Å². The van der Waals surface area contributed by atoms with Crippen LogP contribution in [-0.2, 0) is 11.3 Å². The highest BCUT2D eigenvalue weighted by Crippen LogP contribution is 2.14. The smallest absolute Gasteiger partial charge is 0.259 e. The molecular weight excluding hydrogens is 407 g/mol. The number of nitrogens with zero attached hydrogens (tertiary/aromatic N) is 4. The molecule has 1 aromatic rings. The second-order valence-corrected chi connectivity index (χ2v) is 5.63. The Labute approximate surface area is 156 Å². The average Bonchev–Trinajstić information content (AvgIpc) is 2.44. The first-order valence-corrected chi connectivity index (χ1v) is 7.12. The highest BCUT2D eigenvalue weighted by atomic mass is 127. The number of amides is 1. The van der Waals surface area contributed by atoms with E-state index in [0.29, 0.717) is 12.3 Å². The molecular formula is C16H27IN4O2. The van der Waals surface area contributed by atoms with Gasteiger partial charge in [-0.3, -0.25) is 4.79 Å². The van der Waals surface area contributed by atoms with Crippen LogP contribution < -0.4 is 4.74 Å². The Balaban J connectivity index is 0.00000484. The maximum absolute atomic E-state index is 11.5. The van der Waals surface area contributed by atoms with Gasteiger partial charge in [0.2, 0.25) is 0 Å². The van der Waals surface area contributed by atoms with Crippen LogP contribution in [0.4, 0.5) is 0 Å². The highest BCUT2D eigenvalue weighted by molar-refractivity contribution is 14.0. The van der Waals surface area contributed by atoms with Crippen LogP contribution in [0.2, 0.25) is 0 Å². The summed E-state index contributed by atoms with van der Waals surface area (Å²) < 4.78 is 5.51. The monoisotopic (exact) mass is 434 g/mol. The van der Waals surface area contributed by atoms with E-state index < -0.39 is 0 Å². The Morgan fingerprint density at radius 2 is 1.65 bits per heavy atom. The van der Waals surface area contributed by atoms with Crippen LogP contribution in [-0.4, -0.2) is 75.5 Å². The van der Waals surface area contributed by atoms with Gasteiger partial charge in [0.25, 0.3) is 5.91 Å². The molecule has 1 aromatic carbocycles. The molecule has 0 aliphatic heterocycles. The van der Waals surface area contributed by atoms with E-state index in [1.807, 2.05) is 62.3 Å². The van der Waals surface area contributed by atoms with E-state index >= 15 is 0 Å². The van der Waals surface area contributed by atoms with Gasteiger partial charge in [-0.15, -0.1) is 24.0 Å². The lowest BCUT2D eigenvalue weighted by molar-refractivity contribution is -0.130. The summed E-state index contributed by atoms with van der Waals surface area (Å²) in [6, 6.07) is 7.66. The SMILES string of the molecule is CN(C)C(=O)COc1cccc(CN=C(N(C)C)N(C)C)c1.I. The van der Waals surface area contributed by atoms with Gasteiger partial charge >= 0.3 is 0 Å². The molecule has 0 spiro atoms. The maximum atomic E-state index is 11.5. The number of rotatable bonds is 5. The quantitative estimate of drug-likeness (QED) is 0.403. The van der Waals surface area contributed by atoms with E-state index in [9.17, 15) is 4.79 Å². The zero-order chi connectivity index (χ0) is 16.7. The zero-order valence-electron chi connectivity index (χ0n) is 14.7. The minimum absolute atomic E-state index is 0. The highest BCUT2D eigenvalue weighted by Gasteiger charge is 2.06. The molecule has 0 radical (unpaired) electrons. The second kappa shape index (κ2) is 10.3. The molecule has 0 saturated heterocycles. The molecule has 0 atom stereocenters. The molecule has 0 bridgehead atoms. The maximum Gasteiger partial charge on any atom is 0.259 e. The van der Waals surface area contributed by atoms with Crippen molar-refractivity contribution >= 4 is 35.8 Å². The number of benzene rings is 1. The number of hydrogen-bond donors (Lipinski definition) is 0. The minimum Gasteiger partial charge on any atom is -0.484 e. The topological polar surface area (TPSA) is 48.4 Å². The van der Waals surface area contributed by atoms with Gasteiger partial charge in [-0.2, -0.15) is 0 Å². The van der Waals surface area contributed by atoms with Crippen LogP contribution in [0.25, 0.3) is 0 Å². The number of ether oxygens (including phenoxy) is 1. The normalized spacial score (nSPS) is 9.48. The van der Waals surface area contributed by atoms with Crippen molar-refractivity contribution in [3.05, 3.63) is 29.8 Å². The first-order chi connectivity index (χ1) is 10.3. The number of halogens is 1. The Morgan fingerprint density at radius 3 is 2.17 bits per heavy atom. The predicted molar refractivity (Wildman–Crippen MR) is 105 cm³/mol. The van der Waals surface area contributed by atoms with Crippen molar-refractivity contribution in [2.24, 2.45) is 4.99 Å². The summed E-state index contributed by atoms with van der Waals surface area (Å²) in [5, 5.41) is 0. The number of hydrogen-bond acceptors (Lipinski definition) is 3. The van der Waals surface area contributed by atoms with Crippen molar-refractivity contribution in [3.8, 4) is 5.75 Å². The van der Waals surface area contributed by atoms with E-state index in [-0.39, 0.29) is 36.5 Å². The second-order valence-electron chi connectivity index (χ2n) is 5.63. The van der Waals surface area contributed by atoms with Crippen LogP contribution in [0.3, 0.4) is 0 Å². The van der Waals surface area contributed by atoms with Crippen molar-refractivity contribution < 1.29 is 9.53 Å². The van der Waals surface area contributed by atoms with Crippen molar-refractivity contribution in [1.29, 1.82) is 0 Å². The molecule has 23 heavy (non-hydrogen) atoms. The summed E-state index contributed by atoms with van der Waals surface area (Å²) in [4.78, 5) is 21.6. The molecule has 0 aliphatic rings. The Kier molecular flexibility index (Phi) is 9.62. The summed E-state index contributed by atoms with van der Waals surface area (Å²) in [7, 11) is 11.3. The number of guanidine groups is 1. The number of carbonyl (C=O) groups is 1. The fraction of sp³-hybridized carbons (Fsp3) is 0.500. The van der Waals surface area contributed by atoms with E-state index in [4.69, 9.17) is 4.74 Å². The molecule has 1 amide bonds. The van der Waals surface area contributed by atoms with E-state index in [2.05, 4.69) is 4.99 Å². The van der Waals surface area contributed by atoms with Gasteiger partial charge in [0.15, 0.2) is 12.6 Å². The largest absolute Gasteiger partial charge is 0.484 e. The van der Waals surface area contributed by atoms with E-state index in [0.717, 1.165) is 11.5 Å². The van der Waals surface area contributed by atoms with Crippen molar-refractivity contribution in [3.63, 3.8) is 0 Å². The first-order valence-electron chi connectivity index (χ1n) is 7.12. The molecule has 0 aliphatic carbocycles. The van der Waals surface area contributed by atoms with Crippen LogP contribution >= 0.6 is 24.0 Å². The van der Waals surface area contributed by atoms with Crippen LogP contribution in [0, 0.1) is 0 Å². The van der Waals surface area contributed by atoms with Gasteiger partial charge in [0.05, 0.1) is 6.54 Å². The van der Waals surface area contributed by atoms with Gasteiger partial charge in [-0.05, 0) is 17.7 Å². The van der Waals surface area contributed by atoms with Crippen LogP contribution in [0.5, 0.6) is 5.75 Å². The summed E-state index contributed by atoms with van der Waals surface area (Å²) >= 11 is 0. The van der Waals surface area contributed by atoms with Gasteiger partial charge in [-0.25, -0.2) is 4.99 Å². The average molecular weight is 434 g/mol. The molecule has 0 unspecified atom stereocenters. The third-order valence-electron chi connectivity index (χ3n) is 2.96. The number of carbonyl (C=O) groups excluding carboxylic acids is 1. The summed E-state index contributed by atoms with van der Waals surface area (Å²) in [5.41, 5.74) is 1.04. The lowest BCUT2D eigenvalue weighted by Gasteiger charge is -2.22.